The van der Waals surface area contributed by atoms with Crippen LogP contribution in [0.4, 0.5) is 0 Å². The molecule has 0 saturated carbocycles. The molecule has 0 fully saturated rings. The summed E-state index contributed by atoms with van der Waals surface area (Å²) in [6, 6.07) is 18.3. The van der Waals surface area contributed by atoms with Gasteiger partial charge in [-0.15, -0.1) is 0 Å². The Bertz CT molecular complexity index is 2060. The Morgan fingerprint density at radius 2 is 1.54 bits per heavy atom. The van der Waals surface area contributed by atoms with Crippen LogP contribution in [0.3, 0.4) is 0 Å². The van der Waals surface area contributed by atoms with Crippen LogP contribution < -0.4 is 4.57 Å². The molecule has 0 aliphatic carbocycles. The second-order valence-electron chi connectivity index (χ2n) is 14.6. The van der Waals surface area contributed by atoms with Crippen LogP contribution >= 0.6 is 11.8 Å². The van der Waals surface area contributed by atoms with Gasteiger partial charge in [-0.3, -0.25) is 0 Å². The van der Waals surface area contributed by atoms with Crippen LogP contribution in [0.15, 0.2) is 68.9 Å². The van der Waals surface area contributed by atoms with E-state index in [1.54, 1.807) is 0 Å². The predicted molar refractivity (Wildman–Crippen MR) is 175 cm³/mol. The van der Waals surface area contributed by atoms with Gasteiger partial charge in [0.15, 0.2) is 6.20 Å². The summed E-state index contributed by atoms with van der Waals surface area (Å²) in [6.07, 6.45) is 4.26. The quantitative estimate of drug-likeness (QED) is 0.196. The normalized spacial score (nSPS) is 13.6. The van der Waals surface area contributed by atoms with Crippen molar-refractivity contribution in [3.63, 3.8) is 0 Å². The van der Waals surface area contributed by atoms with Gasteiger partial charge in [0.05, 0.1) is 10.9 Å². The summed E-state index contributed by atoms with van der Waals surface area (Å²) < 4.78 is 9.11. The predicted octanol–water partition coefficient (Wildman–Crippen LogP) is 10.6. The van der Waals surface area contributed by atoms with Crippen molar-refractivity contribution in [2.45, 2.75) is 78.0 Å². The summed E-state index contributed by atoms with van der Waals surface area (Å²) >= 11 is 1.95. The highest BCUT2D eigenvalue weighted by molar-refractivity contribution is 8.00. The number of hydrogen-bond acceptors (Lipinski definition) is 2. The van der Waals surface area contributed by atoms with E-state index in [1.165, 1.54) is 75.6 Å². The van der Waals surface area contributed by atoms with Gasteiger partial charge in [-0.25, -0.2) is 4.57 Å². The van der Waals surface area contributed by atoms with Gasteiger partial charge in [0.1, 0.15) is 18.2 Å². The maximum atomic E-state index is 6.76. The summed E-state index contributed by atoms with van der Waals surface area (Å²) in [5.41, 5.74) is 10.6. The first-order chi connectivity index (χ1) is 19.3. The molecule has 4 aromatic carbocycles. The average Bonchev–Trinajstić information content (AvgIpc) is 3.25. The van der Waals surface area contributed by atoms with Crippen molar-refractivity contribution >= 4 is 55.2 Å². The van der Waals surface area contributed by atoms with E-state index >= 15 is 0 Å². The Balaban J connectivity index is 1.61. The lowest BCUT2D eigenvalue weighted by Gasteiger charge is -2.28. The molecule has 0 N–H and O–H groups in total. The number of nitrogens with zero attached hydrogens (tertiary/aromatic N) is 1. The van der Waals surface area contributed by atoms with E-state index in [0.29, 0.717) is 0 Å². The van der Waals surface area contributed by atoms with E-state index < -0.39 is 0 Å². The Labute approximate surface area is 247 Å². The fraction of sp³-hybridized carbons (Fsp3) is 0.342. The highest BCUT2D eigenvalue weighted by Crippen LogP contribution is 2.54. The van der Waals surface area contributed by atoms with Gasteiger partial charge in [-0.1, -0.05) is 95.3 Å². The summed E-state index contributed by atoms with van der Waals surface area (Å²) in [5.74, 6) is 0. The second-order valence-corrected chi connectivity index (χ2v) is 15.7. The minimum atomic E-state index is 0.169. The number of rotatable bonds is 2. The lowest BCUT2D eigenvalue weighted by atomic mass is 9.82. The van der Waals surface area contributed by atoms with Crippen LogP contribution in [0.25, 0.3) is 54.7 Å². The smallest absolute Gasteiger partial charge is 0.222 e. The monoisotopic (exact) mass is 558 g/mol. The fourth-order valence-corrected chi connectivity index (χ4v) is 8.34. The average molecular weight is 559 g/mol. The number of benzene rings is 4. The lowest BCUT2D eigenvalue weighted by Crippen LogP contribution is -2.32. The van der Waals surface area contributed by atoms with Gasteiger partial charge in [0.25, 0.3) is 0 Å². The summed E-state index contributed by atoms with van der Waals surface area (Å²) in [5, 5.41) is 7.87. The number of hydrogen-bond donors (Lipinski definition) is 0. The number of aryl methyl sites for hydroxylation is 3. The van der Waals surface area contributed by atoms with E-state index in [0.717, 1.165) is 24.0 Å². The van der Waals surface area contributed by atoms with E-state index in [-0.39, 0.29) is 10.8 Å². The zero-order valence-electron chi connectivity index (χ0n) is 25.9. The first kappa shape index (κ1) is 26.6. The molecular weight excluding hydrogens is 518 g/mol. The number of fused-ring (bicyclic) bond motifs is 7. The highest BCUT2D eigenvalue weighted by atomic mass is 32.2. The van der Waals surface area contributed by atoms with E-state index in [2.05, 4.69) is 122 Å². The zero-order chi connectivity index (χ0) is 29.0. The van der Waals surface area contributed by atoms with Crippen molar-refractivity contribution in [1.29, 1.82) is 0 Å². The molecular formula is C38H40NOS+. The third kappa shape index (κ3) is 4.19. The molecule has 0 atom stereocenters. The van der Waals surface area contributed by atoms with Crippen LogP contribution in [-0.2, 0) is 19.9 Å². The largest absolute Gasteiger partial charge is 0.456 e. The number of para-hydroxylation sites is 1. The van der Waals surface area contributed by atoms with Crippen LogP contribution in [0.1, 0.15) is 63.8 Å². The van der Waals surface area contributed by atoms with Crippen molar-refractivity contribution < 1.29 is 8.98 Å². The molecule has 0 radical (unpaired) electrons. The molecule has 3 heteroatoms. The lowest BCUT2D eigenvalue weighted by molar-refractivity contribution is -0.659. The topological polar surface area (TPSA) is 17.0 Å². The summed E-state index contributed by atoms with van der Waals surface area (Å²) in [7, 11) is 2.21. The zero-order valence-corrected chi connectivity index (χ0v) is 26.7. The molecule has 0 saturated heterocycles. The molecule has 0 unspecified atom stereocenters. The van der Waals surface area contributed by atoms with E-state index in [9.17, 15) is 0 Å². The molecule has 1 aliphatic rings. The van der Waals surface area contributed by atoms with Gasteiger partial charge in [-0.05, 0) is 71.0 Å². The Morgan fingerprint density at radius 3 is 2.27 bits per heavy atom. The van der Waals surface area contributed by atoms with Crippen LogP contribution in [0.5, 0.6) is 0 Å². The van der Waals surface area contributed by atoms with Crippen molar-refractivity contribution in [2.24, 2.45) is 17.9 Å². The van der Waals surface area contributed by atoms with Gasteiger partial charge in [-0.2, -0.15) is 0 Å². The standard InChI is InChI=1S/C38H40NOS/c1-21-13-14-24-27(17-21)22(2)31-34-33-25(15-16-39(34)9)32-26-12-10-11-23(19-37(3,4)5)35(26)40-29(32)18-30(33)41-36(31)28(24)20-38(6,7)8/h10-18H,19-20H2,1-9H3/q+1. The minimum absolute atomic E-state index is 0.169. The van der Waals surface area contributed by atoms with Gasteiger partial charge < -0.3 is 4.42 Å². The number of pyridine rings is 1. The molecule has 1 aliphatic heterocycles. The minimum Gasteiger partial charge on any atom is -0.456 e. The molecule has 6 aromatic rings. The Kier molecular flexibility index (Phi) is 5.74. The second kappa shape index (κ2) is 8.85. The van der Waals surface area contributed by atoms with Crippen molar-refractivity contribution in [2.75, 3.05) is 0 Å². The van der Waals surface area contributed by atoms with Crippen molar-refractivity contribution in [1.82, 2.24) is 0 Å². The fourth-order valence-electron chi connectivity index (χ4n) is 6.99. The van der Waals surface area contributed by atoms with E-state index in [4.69, 9.17) is 4.42 Å². The molecule has 7 rings (SSSR count). The van der Waals surface area contributed by atoms with Gasteiger partial charge in [0.2, 0.25) is 5.69 Å². The van der Waals surface area contributed by atoms with Crippen LogP contribution in [0, 0.1) is 24.7 Å². The SMILES string of the molecule is Cc1ccc2c(CC(C)(C)C)c3c(c(C)c2c1)-c1c2c(cc4oc5c(CC(C)(C)C)cccc5c4c2cc[n+]1C)S3. The van der Waals surface area contributed by atoms with Crippen LogP contribution in [-0.4, -0.2) is 0 Å². The third-order valence-corrected chi connectivity index (χ3v) is 9.78. The number of aromatic nitrogens is 1. The molecule has 41 heavy (non-hydrogen) atoms. The molecule has 0 bridgehead atoms. The molecule has 0 amide bonds. The molecule has 0 spiro atoms. The maximum Gasteiger partial charge on any atom is 0.222 e. The first-order valence-electron chi connectivity index (χ1n) is 14.8. The Morgan fingerprint density at radius 1 is 0.780 bits per heavy atom. The Hall–Kier alpha value is -3.30. The molecule has 208 valence electrons. The molecule has 3 heterocycles. The number of furan rings is 1. The van der Waals surface area contributed by atoms with Crippen molar-refractivity contribution in [3.8, 4) is 11.3 Å². The highest BCUT2D eigenvalue weighted by Gasteiger charge is 2.34. The maximum absolute atomic E-state index is 6.76. The first-order valence-corrected chi connectivity index (χ1v) is 15.7. The van der Waals surface area contributed by atoms with E-state index in [1.807, 2.05) is 11.8 Å². The summed E-state index contributed by atoms with van der Waals surface area (Å²) in [6.45, 7) is 18.5. The summed E-state index contributed by atoms with van der Waals surface area (Å²) in [4.78, 5) is 2.71. The third-order valence-electron chi connectivity index (χ3n) is 8.58. The van der Waals surface area contributed by atoms with Crippen molar-refractivity contribution in [3.05, 3.63) is 77.0 Å². The molecule has 2 aromatic heterocycles. The van der Waals surface area contributed by atoms with Gasteiger partial charge >= 0.3 is 0 Å². The van der Waals surface area contributed by atoms with Crippen LogP contribution in [0.2, 0.25) is 0 Å². The molecule has 2 nitrogen and oxygen atoms in total. The van der Waals surface area contributed by atoms with Gasteiger partial charge in [0, 0.05) is 32.0 Å².